The first-order valence-electron chi connectivity index (χ1n) is 7.17. The molecular weight excluding hydrogens is 210 g/mol. The zero-order chi connectivity index (χ0) is 13.3. The number of likely N-dealkylation sites (N-methyl/N-ethyl adjacent to an activating group) is 3. The topological polar surface area (TPSA) is 18.5 Å². The average molecular weight is 243 g/mol. The second-order valence-electron chi connectivity index (χ2n) is 5.24. The highest BCUT2D eigenvalue weighted by molar-refractivity contribution is 4.75. The van der Waals surface area contributed by atoms with E-state index in [1.165, 1.54) is 19.4 Å². The molecule has 0 heterocycles. The number of rotatable bonds is 10. The second kappa shape index (κ2) is 9.86. The van der Waals surface area contributed by atoms with Gasteiger partial charge in [-0.15, -0.1) is 0 Å². The maximum atomic E-state index is 3.60. The molecule has 0 aliphatic rings. The predicted molar refractivity (Wildman–Crippen MR) is 77.6 cm³/mol. The maximum Gasteiger partial charge on any atom is 0.0195 e. The van der Waals surface area contributed by atoms with Gasteiger partial charge in [-0.2, -0.15) is 0 Å². The largest absolute Gasteiger partial charge is 0.313 e. The number of nitrogens with one attached hydrogen (secondary N) is 1. The van der Waals surface area contributed by atoms with Crippen molar-refractivity contribution in [3.63, 3.8) is 0 Å². The minimum atomic E-state index is 0.632. The Balaban J connectivity index is 4.22. The molecule has 3 nitrogen and oxygen atoms in total. The van der Waals surface area contributed by atoms with Gasteiger partial charge in [-0.1, -0.05) is 27.2 Å². The predicted octanol–water partition coefficient (Wildman–Crippen LogP) is 2.04. The SMILES string of the molecule is CCCC(CN(CC)C(C)CN(C)C)NCC. The molecule has 0 spiro atoms. The lowest BCUT2D eigenvalue weighted by molar-refractivity contribution is 0.162. The zero-order valence-corrected chi connectivity index (χ0v) is 12.8. The molecule has 2 atom stereocenters. The maximum absolute atomic E-state index is 3.60. The van der Waals surface area contributed by atoms with Crippen LogP contribution in [0.4, 0.5) is 0 Å². The van der Waals surface area contributed by atoms with E-state index >= 15 is 0 Å². The Labute approximate surface area is 109 Å². The molecule has 0 aliphatic heterocycles. The fourth-order valence-electron chi connectivity index (χ4n) is 2.44. The number of hydrogen-bond donors (Lipinski definition) is 1. The second-order valence-corrected chi connectivity index (χ2v) is 5.24. The molecule has 0 saturated carbocycles. The van der Waals surface area contributed by atoms with Crippen LogP contribution in [0.2, 0.25) is 0 Å². The average Bonchev–Trinajstić information content (AvgIpc) is 2.25. The first kappa shape index (κ1) is 16.9. The van der Waals surface area contributed by atoms with Gasteiger partial charge < -0.3 is 10.2 Å². The van der Waals surface area contributed by atoms with Gasteiger partial charge in [0, 0.05) is 25.2 Å². The summed E-state index contributed by atoms with van der Waals surface area (Å²) < 4.78 is 0. The van der Waals surface area contributed by atoms with Gasteiger partial charge in [-0.25, -0.2) is 0 Å². The van der Waals surface area contributed by atoms with E-state index in [0.29, 0.717) is 12.1 Å². The molecule has 0 amide bonds. The van der Waals surface area contributed by atoms with Gasteiger partial charge in [0.2, 0.25) is 0 Å². The molecule has 0 aromatic rings. The van der Waals surface area contributed by atoms with E-state index in [2.05, 4.69) is 56.9 Å². The van der Waals surface area contributed by atoms with Crippen LogP contribution in [-0.2, 0) is 0 Å². The summed E-state index contributed by atoms with van der Waals surface area (Å²) in [6, 6.07) is 1.28. The Hall–Kier alpha value is -0.120. The first-order chi connectivity index (χ1) is 8.04. The van der Waals surface area contributed by atoms with Gasteiger partial charge in [-0.05, 0) is 40.5 Å². The molecule has 0 fully saturated rings. The van der Waals surface area contributed by atoms with Crippen molar-refractivity contribution in [1.82, 2.24) is 15.1 Å². The van der Waals surface area contributed by atoms with E-state index in [9.17, 15) is 0 Å². The molecule has 2 unspecified atom stereocenters. The molecule has 0 aromatic heterocycles. The molecule has 17 heavy (non-hydrogen) atoms. The summed E-state index contributed by atoms with van der Waals surface area (Å²) in [6.07, 6.45) is 2.54. The molecule has 104 valence electrons. The van der Waals surface area contributed by atoms with Crippen LogP contribution in [0, 0.1) is 0 Å². The van der Waals surface area contributed by atoms with Gasteiger partial charge >= 0.3 is 0 Å². The molecule has 1 N–H and O–H groups in total. The van der Waals surface area contributed by atoms with E-state index in [1.807, 2.05) is 0 Å². The summed E-state index contributed by atoms with van der Waals surface area (Å²) in [4.78, 5) is 4.86. The number of hydrogen-bond acceptors (Lipinski definition) is 3. The first-order valence-corrected chi connectivity index (χ1v) is 7.17. The lowest BCUT2D eigenvalue weighted by Crippen LogP contribution is -2.47. The van der Waals surface area contributed by atoms with E-state index in [4.69, 9.17) is 0 Å². The molecule has 0 aromatic carbocycles. The van der Waals surface area contributed by atoms with Gasteiger partial charge in [0.05, 0.1) is 0 Å². The fourth-order valence-corrected chi connectivity index (χ4v) is 2.44. The summed E-state index contributed by atoms with van der Waals surface area (Å²) in [5.41, 5.74) is 0. The highest BCUT2D eigenvalue weighted by Crippen LogP contribution is 2.05. The summed E-state index contributed by atoms with van der Waals surface area (Å²) in [5, 5.41) is 3.60. The van der Waals surface area contributed by atoms with Crippen molar-refractivity contribution in [2.75, 3.05) is 40.3 Å². The van der Waals surface area contributed by atoms with Crippen LogP contribution >= 0.6 is 0 Å². The number of nitrogens with zero attached hydrogens (tertiary/aromatic N) is 2. The fraction of sp³-hybridized carbons (Fsp3) is 1.00. The van der Waals surface area contributed by atoms with E-state index in [0.717, 1.165) is 19.6 Å². The Morgan fingerprint density at radius 1 is 1.06 bits per heavy atom. The van der Waals surface area contributed by atoms with Gasteiger partial charge in [0.1, 0.15) is 0 Å². The van der Waals surface area contributed by atoms with Crippen molar-refractivity contribution in [2.45, 2.75) is 52.6 Å². The van der Waals surface area contributed by atoms with E-state index in [-0.39, 0.29) is 0 Å². The molecule has 0 rings (SSSR count). The van der Waals surface area contributed by atoms with Crippen molar-refractivity contribution >= 4 is 0 Å². The lowest BCUT2D eigenvalue weighted by Gasteiger charge is -2.33. The molecule has 0 bridgehead atoms. The summed E-state index contributed by atoms with van der Waals surface area (Å²) >= 11 is 0. The smallest absolute Gasteiger partial charge is 0.0195 e. The Morgan fingerprint density at radius 3 is 2.12 bits per heavy atom. The lowest BCUT2D eigenvalue weighted by atomic mass is 10.1. The van der Waals surface area contributed by atoms with Crippen LogP contribution in [0.15, 0.2) is 0 Å². The van der Waals surface area contributed by atoms with Gasteiger partial charge in [0.25, 0.3) is 0 Å². The summed E-state index contributed by atoms with van der Waals surface area (Å²) in [5.74, 6) is 0. The zero-order valence-electron chi connectivity index (χ0n) is 12.8. The third kappa shape index (κ3) is 7.74. The molecule has 3 heteroatoms. The van der Waals surface area contributed by atoms with Gasteiger partial charge in [0.15, 0.2) is 0 Å². The highest BCUT2D eigenvalue weighted by Gasteiger charge is 2.17. The van der Waals surface area contributed by atoms with Crippen LogP contribution in [0.25, 0.3) is 0 Å². The Kier molecular flexibility index (Phi) is 9.79. The monoisotopic (exact) mass is 243 g/mol. The normalized spacial score (nSPS) is 15.5. The van der Waals surface area contributed by atoms with E-state index < -0.39 is 0 Å². The van der Waals surface area contributed by atoms with Crippen molar-refractivity contribution in [1.29, 1.82) is 0 Å². The highest BCUT2D eigenvalue weighted by atomic mass is 15.2. The van der Waals surface area contributed by atoms with Crippen LogP contribution in [0.1, 0.15) is 40.5 Å². The van der Waals surface area contributed by atoms with Crippen molar-refractivity contribution in [3.05, 3.63) is 0 Å². The third-order valence-electron chi connectivity index (χ3n) is 3.24. The van der Waals surface area contributed by atoms with Crippen LogP contribution in [0.3, 0.4) is 0 Å². The van der Waals surface area contributed by atoms with Crippen molar-refractivity contribution < 1.29 is 0 Å². The van der Waals surface area contributed by atoms with Crippen molar-refractivity contribution in [3.8, 4) is 0 Å². The van der Waals surface area contributed by atoms with Crippen molar-refractivity contribution in [2.24, 2.45) is 0 Å². The van der Waals surface area contributed by atoms with Crippen LogP contribution in [0.5, 0.6) is 0 Å². The van der Waals surface area contributed by atoms with Crippen LogP contribution < -0.4 is 5.32 Å². The van der Waals surface area contributed by atoms with E-state index in [1.54, 1.807) is 0 Å². The Morgan fingerprint density at radius 2 is 1.71 bits per heavy atom. The minimum absolute atomic E-state index is 0.632. The minimum Gasteiger partial charge on any atom is -0.313 e. The quantitative estimate of drug-likeness (QED) is 0.633. The van der Waals surface area contributed by atoms with Gasteiger partial charge in [-0.3, -0.25) is 4.90 Å². The third-order valence-corrected chi connectivity index (χ3v) is 3.24. The molecule has 0 saturated heterocycles. The molecular formula is C14H33N3. The summed E-state index contributed by atoms with van der Waals surface area (Å²) in [7, 11) is 4.30. The Bertz CT molecular complexity index is 165. The molecule has 0 aliphatic carbocycles. The van der Waals surface area contributed by atoms with Crippen LogP contribution in [-0.4, -0.2) is 62.2 Å². The summed E-state index contributed by atoms with van der Waals surface area (Å²) in [6.45, 7) is 13.6. The standard InChI is InChI=1S/C14H33N3/c1-7-10-14(15-8-2)12-17(9-3)13(4)11-16(5)6/h13-15H,7-12H2,1-6H3. The molecule has 0 radical (unpaired) electrons.